The molecule has 1 rings (SSSR count). The fraction of sp³-hybridized carbons (Fsp3) is 0.875. The van der Waals surface area contributed by atoms with Crippen LogP contribution in [0.2, 0.25) is 0 Å². The topological polar surface area (TPSA) is 41.6 Å². The quantitative estimate of drug-likeness (QED) is 0.657. The Hall–Kier alpha value is -0.770. The van der Waals surface area contributed by atoms with Gasteiger partial charge in [-0.1, -0.05) is 0 Å². The van der Waals surface area contributed by atoms with E-state index in [1.54, 1.807) is 0 Å². The van der Waals surface area contributed by atoms with Crippen LogP contribution >= 0.6 is 0 Å². The molecular formula is C8H16N2O2. The van der Waals surface area contributed by atoms with Gasteiger partial charge in [-0.15, -0.1) is 0 Å². The SMILES string of the molecule is CCNC(=O)OC1CCN(C)C1. The Morgan fingerprint density at radius 2 is 2.50 bits per heavy atom. The van der Waals surface area contributed by atoms with E-state index in [1.165, 1.54) is 0 Å². The predicted octanol–water partition coefficient (Wildman–Crippen LogP) is 0.437. The standard InChI is InChI=1S/C8H16N2O2/c1-3-9-8(11)12-7-4-5-10(2)6-7/h7H,3-6H2,1-2H3,(H,9,11). The third kappa shape index (κ3) is 2.70. The maximum atomic E-state index is 11.0. The molecule has 1 heterocycles. The molecule has 1 unspecified atom stereocenters. The average molecular weight is 172 g/mol. The third-order valence-electron chi connectivity index (χ3n) is 1.94. The zero-order valence-electron chi connectivity index (χ0n) is 7.67. The number of nitrogens with zero attached hydrogens (tertiary/aromatic N) is 1. The summed E-state index contributed by atoms with van der Waals surface area (Å²) in [5.41, 5.74) is 0. The molecule has 1 fully saturated rings. The second-order valence-electron chi connectivity index (χ2n) is 3.11. The van der Waals surface area contributed by atoms with Gasteiger partial charge in [-0.2, -0.15) is 0 Å². The monoisotopic (exact) mass is 172 g/mol. The van der Waals surface area contributed by atoms with Crippen LogP contribution in [0.25, 0.3) is 0 Å². The number of carbonyl (C=O) groups excluding carboxylic acids is 1. The molecule has 1 amide bonds. The van der Waals surface area contributed by atoms with Crippen molar-refractivity contribution in [3.63, 3.8) is 0 Å². The van der Waals surface area contributed by atoms with Crippen LogP contribution in [-0.2, 0) is 4.74 Å². The summed E-state index contributed by atoms with van der Waals surface area (Å²) in [5, 5.41) is 2.61. The van der Waals surface area contributed by atoms with E-state index in [4.69, 9.17) is 4.74 Å². The molecule has 0 aromatic heterocycles. The minimum atomic E-state index is -0.294. The lowest BCUT2D eigenvalue weighted by molar-refractivity contribution is 0.103. The number of nitrogens with one attached hydrogen (secondary N) is 1. The summed E-state index contributed by atoms with van der Waals surface area (Å²) in [5.74, 6) is 0. The fourth-order valence-corrected chi connectivity index (χ4v) is 1.33. The molecule has 0 aromatic carbocycles. The van der Waals surface area contributed by atoms with Crippen molar-refractivity contribution in [3.05, 3.63) is 0 Å². The molecule has 1 N–H and O–H groups in total. The Bertz CT molecular complexity index is 161. The maximum absolute atomic E-state index is 11.0. The van der Waals surface area contributed by atoms with Gasteiger partial charge in [0.25, 0.3) is 0 Å². The number of carbonyl (C=O) groups is 1. The predicted molar refractivity (Wildman–Crippen MR) is 46.1 cm³/mol. The fourth-order valence-electron chi connectivity index (χ4n) is 1.33. The molecule has 0 spiro atoms. The summed E-state index contributed by atoms with van der Waals surface area (Å²) in [6.07, 6.45) is 0.743. The van der Waals surface area contributed by atoms with Gasteiger partial charge in [0, 0.05) is 19.6 Å². The van der Waals surface area contributed by atoms with Gasteiger partial charge in [0.15, 0.2) is 0 Å². The lowest BCUT2D eigenvalue weighted by atomic mass is 10.3. The lowest BCUT2D eigenvalue weighted by Crippen LogP contribution is -2.30. The van der Waals surface area contributed by atoms with Crippen molar-refractivity contribution in [2.75, 3.05) is 26.7 Å². The van der Waals surface area contributed by atoms with E-state index >= 15 is 0 Å². The van der Waals surface area contributed by atoms with E-state index in [-0.39, 0.29) is 12.2 Å². The highest BCUT2D eigenvalue weighted by molar-refractivity contribution is 5.67. The molecule has 1 aliphatic rings. The van der Waals surface area contributed by atoms with E-state index in [1.807, 2.05) is 14.0 Å². The first-order chi connectivity index (χ1) is 5.72. The number of likely N-dealkylation sites (tertiary alicyclic amines) is 1. The molecule has 4 nitrogen and oxygen atoms in total. The van der Waals surface area contributed by atoms with Crippen molar-refractivity contribution in [2.24, 2.45) is 0 Å². The van der Waals surface area contributed by atoms with Gasteiger partial charge in [0.2, 0.25) is 0 Å². The van der Waals surface area contributed by atoms with Crippen molar-refractivity contribution in [1.82, 2.24) is 10.2 Å². The van der Waals surface area contributed by atoms with Crippen molar-refractivity contribution in [3.8, 4) is 0 Å². The molecule has 0 saturated carbocycles. The van der Waals surface area contributed by atoms with Crippen LogP contribution in [-0.4, -0.2) is 43.8 Å². The van der Waals surface area contributed by atoms with Crippen LogP contribution in [0.15, 0.2) is 0 Å². The lowest BCUT2D eigenvalue weighted by Gasteiger charge is -2.11. The van der Waals surface area contributed by atoms with Gasteiger partial charge >= 0.3 is 6.09 Å². The van der Waals surface area contributed by atoms with Crippen LogP contribution in [0.3, 0.4) is 0 Å². The Morgan fingerprint density at radius 3 is 3.00 bits per heavy atom. The highest BCUT2D eigenvalue weighted by Gasteiger charge is 2.22. The zero-order chi connectivity index (χ0) is 8.97. The van der Waals surface area contributed by atoms with Crippen LogP contribution in [0.1, 0.15) is 13.3 Å². The van der Waals surface area contributed by atoms with Gasteiger partial charge in [-0.05, 0) is 20.4 Å². The number of hydrogen-bond donors (Lipinski definition) is 1. The normalized spacial score (nSPS) is 24.0. The highest BCUT2D eigenvalue weighted by atomic mass is 16.6. The van der Waals surface area contributed by atoms with E-state index < -0.39 is 0 Å². The number of amides is 1. The van der Waals surface area contributed by atoms with Gasteiger partial charge in [-0.25, -0.2) is 4.79 Å². The van der Waals surface area contributed by atoms with Gasteiger partial charge in [0.1, 0.15) is 6.10 Å². The molecule has 70 valence electrons. The summed E-state index contributed by atoms with van der Waals surface area (Å²) in [6.45, 7) is 4.38. The van der Waals surface area contributed by atoms with Crippen LogP contribution in [0.4, 0.5) is 4.79 Å². The molecular weight excluding hydrogens is 156 g/mol. The van der Waals surface area contributed by atoms with E-state index in [0.717, 1.165) is 19.5 Å². The molecule has 12 heavy (non-hydrogen) atoms. The van der Waals surface area contributed by atoms with E-state index in [9.17, 15) is 4.79 Å². The smallest absolute Gasteiger partial charge is 0.407 e. The van der Waals surface area contributed by atoms with Crippen molar-refractivity contribution < 1.29 is 9.53 Å². The van der Waals surface area contributed by atoms with Crippen molar-refractivity contribution >= 4 is 6.09 Å². The summed E-state index contributed by atoms with van der Waals surface area (Å²) in [6, 6.07) is 0. The Balaban J connectivity index is 2.18. The Labute approximate surface area is 72.9 Å². The number of likely N-dealkylation sites (N-methyl/N-ethyl adjacent to an activating group) is 1. The van der Waals surface area contributed by atoms with Gasteiger partial charge in [0.05, 0.1) is 0 Å². The zero-order valence-corrected chi connectivity index (χ0v) is 7.67. The molecule has 0 radical (unpaired) electrons. The molecule has 4 heteroatoms. The maximum Gasteiger partial charge on any atom is 0.407 e. The second-order valence-corrected chi connectivity index (χ2v) is 3.11. The molecule has 0 aliphatic carbocycles. The highest BCUT2D eigenvalue weighted by Crippen LogP contribution is 2.09. The first-order valence-corrected chi connectivity index (χ1v) is 4.35. The van der Waals surface area contributed by atoms with Crippen molar-refractivity contribution in [2.45, 2.75) is 19.4 Å². The summed E-state index contributed by atoms with van der Waals surface area (Å²) in [7, 11) is 2.03. The van der Waals surface area contributed by atoms with Gasteiger partial charge < -0.3 is 15.0 Å². The number of rotatable bonds is 2. The van der Waals surface area contributed by atoms with Crippen LogP contribution in [0.5, 0.6) is 0 Å². The molecule has 0 aromatic rings. The first-order valence-electron chi connectivity index (χ1n) is 4.35. The van der Waals surface area contributed by atoms with E-state index in [2.05, 4.69) is 10.2 Å². The summed E-state index contributed by atoms with van der Waals surface area (Å²) < 4.78 is 5.13. The molecule has 1 atom stereocenters. The molecule has 1 aliphatic heterocycles. The molecule has 0 bridgehead atoms. The van der Waals surface area contributed by atoms with E-state index in [0.29, 0.717) is 6.54 Å². The number of alkyl carbamates (subject to hydrolysis) is 1. The third-order valence-corrected chi connectivity index (χ3v) is 1.94. The molecule has 1 saturated heterocycles. The first kappa shape index (κ1) is 9.32. The Morgan fingerprint density at radius 1 is 1.75 bits per heavy atom. The minimum absolute atomic E-state index is 0.0848. The summed E-state index contributed by atoms with van der Waals surface area (Å²) >= 11 is 0. The second kappa shape index (κ2) is 4.30. The Kier molecular flexibility index (Phi) is 3.34. The van der Waals surface area contributed by atoms with Crippen LogP contribution in [0, 0.1) is 0 Å². The minimum Gasteiger partial charge on any atom is -0.445 e. The number of ether oxygens (including phenoxy) is 1. The van der Waals surface area contributed by atoms with Gasteiger partial charge in [-0.3, -0.25) is 0 Å². The van der Waals surface area contributed by atoms with Crippen molar-refractivity contribution in [1.29, 1.82) is 0 Å². The summed E-state index contributed by atoms with van der Waals surface area (Å²) in [4.78, 5) is 13.1. The number of hydrogen-bond acceptors (Lipinski definition) is 3. The average Bonchev–Trinajstić information content (AvgIpc) is 2.36. The van der Waals surface area contributed by atoms with Crippen LogP contribution < -0.4 is 5.32 Å². The largest absolute Gasteiger partial charge is 0.445 e.